The number of nitrogens with zero attached hydrogens (tertiary/aromatic N) is 2. The highest BCUT2D eigenvalue weighted by atomic mass is 32.2. The number of rotatable bonds is 9. The Morgan fingerprint density at radius 3 is 2.61 bits per heavy atom. The van der Waals surface area contributed by atoms with E-state index < -0.39 is 10.0 Å². The average Bonchev–Trinajstić information content (AvgIpc) is 2.80. The quantitative estimate of drug-likeness (QED) is 0.583. The number of likely N-dealkylation sites (tertiary alicyclic amines) is 1. The Morgan fingerprint density at radius 1 is 1.13 bits per heavy atom. The molecule has 10 heteroatoms. The summed E-state index contributed by atoms with van der Waals surface area (Å²) in [6, 6.07) is 9.32. The topological polar surface area (TPSA) is 105 Å². The van der Waals surface area contributed by atoms with Crippen molar-refractivity contribution in [1.29, 1.82) is 0 Å². The highest BCUT2D eigenvalue weighted by Crippen LogP contribution is 2.18. The van der Waals surface area contributed by atoms with Crippen molar-refractivity contribution in [1.82, 2.24) is 14.5 Å². The fourth-order valence-electron chi connectivity index (χ4n) is 3.75. The van der Waals surface area contributed by atoms with Crippen LogP contribution in [0.2, 0.25) is 0 Å². The van der Waals surface area contributed by atoms with Crippen molar-refractivity contribution in [2.75, 3.05) is 58.3 Å². The molecule has 2 heterocycles. The molecule has 3 rings (SSSR count). The number of morpholine rings is 1. The summed E-state index contributed by atoms with van der Waals surface area (Å²) in [6.07, 6.45) is 1.68. The van der Waals surface area contributed by atoms with Crippen LogP contribution in [0.3, 0.4) is 0 Å². The lowest BCUT2D eigenvalue weighted by atomic mass is 9.97. The molecule has 2 amide bonds. The SMILES string of the molecule is O=C(NCCS(=O)(=O)N1CCOCC1)C1CCCN(C(=O)CCOc2ccccc2)C1. The molecule has 1 atom stereocenters. The highest BCUT2D eigenvalue weighted by Gasteiger charge is 2.29. The van der Waals surface area contributed by atoms with Crippen molar-refractivity contribution in [3.05, 3.63) is 30.3 Å². The molecular formula is C21H31N3O6S. The molecule has 0 aliphatic carbocycles. The molecule has 0 saturated carbocycles. The van der Waals surface area contributed by atoms with Gasteiger partial charge in [0, 0.05) is 32.7 Å². The largest absolute Gasteiger partial charge is 0.493 e. The molecule has 0 spiro atoms. The number of hydrogen-bond donors (Lipinski definition) is 1. The van der Waals surface area contributed by atoms with Gasteiger partial charge < -0.3 is 19.7 Å². The van der Waals surface area contributed by atoms with Gasteiger partial charge in [-0.2, -0.15) is 4.31 Å². The molecule has 2 aliphatic heterocycles. The van der Waals surface area contributed by atoms with Crippen molar-refractivity contribution in [3.63, 3.8) is 0 Å². The summed E-state index contributed by atoms with van der Waals surface area (Å²) in [4.78, 5) is 26.7. The molecule has 0 bridgehead atoms. The monoisotopic (exact) mass is 453 g/mol. The summed E-state index contributed by atoms with van der Waals surface area (Å²) in [5.41, 5.74) is 0. The molecule has 172 valence electrons. The van der Waals surface area contributed by atoms with Gasteiger partial charge in [-0.15, -0.1) is 0 Å². The normalized spacial score (nSPS) is 20.3. The molecular weight excluding hydrogens is 422 g/mol. The smallest absolute Gasteiger partial charge is 0.226 e. The Morgan fingerprint density at radius 2 is 1.87 bits per heavy atom. The predicted molar refractivity (Wildman–Crippen MR) is 115 cm³/mol. The van der Waals surface area contributed by atoms with Gasteiger partial charge in [-0.3, -0.25) is 9.59 Å². The van der Waals surface area contributed by atoms with Crippen LogP contribution in [0, 0.1) is 5.92 Å². The predicted octanol–water partition coefficient (Wildman–Crippen LogP) is 0.472. The summed E-state index contributed by atoms with van der Waals surface area (Å²) >= 11 is 0. The summed E-state index contributed by atoms with van der Waals surface area (Å²) in [7, 11) is -3.41. The Balaban J connectivity index is 1.38. The molecule has 2 aliphatic rings. The molecule has 0 aromatic heterocycles. The maximum absolute atomic E-state index is 12.5. The number of nitrogens with one attached hydrogen (secondary N) is 1. The summed E-state index contributed by atoms with van der Waals surface area (Å²) in [6.45, 7) is 2.82. The lowest BCUT2D eigenvalue weighted by molar-refractivity contribution is -0.136. The number of ether oxygens (including phenoxy) is 2. The summed E-state index contributed by atoms with van der Waals surface area (Å²) in [5, 5.41) is 2.73. The van der Waals surface area contributed by atoms with E-state index in [1.165, 1.54) is 4.31 Å². The van der Waals surface area contributed by atoms with Crippen LogP contribution < -0.4 is 10.1 Å². The second-order valence-corrected chi connectivity index (χ2v) is 9.80. The van der Waals surface area contributed by atoms with Gasteiger partial charge in [-0.1, -0.05) is 18.2 Å². The van der Waals surface area contributed by atoms with Crippen LogP contribution in [0.25, 0.3) is 0 Å². The van der Waals surface area contributed by atoms with Gasteiger partial charge in [0.15, 0.2) is 0 Å². The Hall–Kier alpha value is -2.17. The molecule has 1 aromatic rings. The highest BCUT2D eigenvalue weighted by molar-refractivity contribution is 7.89. The third-order valence-electron chi connectivity index (χ3n) is 5.50. The molecule has 1 N–H and O–H groups in total. The third-order valence-corrected chi connectivity index (χ3v) is 7.37. The minimum absolute atomic E-state index is 0.0386. The zero-order chi connectivity index (χ0) is 22.1. The molecule has 2 saturated heterocycles. The lowest BCUT2D eigenvalue weighted by Gasteiger charge is -2.32. The molecule has 9 nitrogen and oxygen atoms in total. The third kappa shape index (κ3) is 7.19. The van der Waals surface area contributed by atoms with Crippen molar-refractivity contribution >= 4 is 21.8 Å². The summed E-state index contributed by atoms with van der Waals surface area (Å²) in [5.74, 6) is 0.0286. The van der Waals surface area contributed by atoms with Gasteiger partial charge in [0.05, 0.1) is 37.9 Å². The number of carbonyl (C=O) groups is 2. The zero-order valence-electron chi connectivity index (χ0n) is 17.7. The van der Waals surface area contributed by atoms with Gasteiger partial charge in [0.25, 0.3) is 0 Å². The van der Waals surface area contributed by atoms with E-state index in [1.807, 2.05) is 30.3 Å². The fourth-order valence-corrected chi connectivity index (χ4v) is 5.07. The standard InChI is InChI=1S/C21H31N3O6S/c25-20(8-13-30-19-6-2-1-3-7-19)23-10-4-5-18(17-23)21(26)22-9-16-31(27,28)24-11-14-29-15-12-24/h1-3,6-7,18H,4-5,8-17H2,(H,22,26). The number of para-hydroxylation sites is 1. The van der Waals surface area contributed by atoms with Crippen LogP contribution in [-0.4, -0.2) is 87.7 Å². The van der Waals surface area contributed by atoms with Crippen molar-refractivity contribution in [2.45, 2.75) is 19.3 Å². The van der Waals surface area contributed by atoms with Gasteiger partial charge in [0.2, 0.25) is 21.8 Å². The van der Waals surface area contributed by atoms with Crippen LogP contribution in [0.5, 0.6) is 5.75 Å². The lowest BCUT2D eigenvalue weighted by Crippen LogP contribution is -2.47. The van der Waals surface area contributed by atoms with Crippen molar-refractivity contribution in [2.24, 2.45) is 5.92 Å². The molecule has 0 radical (unpaired) electrons. The number of carbonyl (C=O) groups excluding carboxylic acids is 2. The van der Waals surface area contributed by atoms with Crippen LogP contribution in [0.1, 0.15) is 19.3 Å². The Bertz CT molecular complexity index is 827. The number of sulfonamides is 1. The minimum Gasteiger partial charge on any atom is -0.493 e. The first-order chi connectivity index (χ1) is 15.0. The first kappa shape index (κ1) is 23.5. The first-order valence-electron chi connectivity index (χ1n) is 10.7. The number of piperidine rings is 1. The number of benzene rings is 1. The van der Waals surface area contributed by atoms with E-state index in [4.69, 9.17) is 9.47 Å². The van der Waals surface area contributed by atoms with E-state index in [-0.39, 0.29) is 43.1 Å². The number of hydrogen-bond acceptors (Lipinski definition) is 6. The molecule has 2 fully saturated rings. The van der Waals surface area contributed by atoms with Crippen molar-refractivity contribution in [3.8, 4) is 5.75 Å². The maximum Gasteiger partial charge on any atom is 0.226 e. The number of amides is 2. The van der Waals surface area contributed by atoms with E-state index in [0.29, 0.717) is 45.8 Å². The Kier molecular flexibility index (Phi) is 8.68. The van der Waals surface area contributed by atoms with E-state index in [9.17, 15) is 18.0 Å². The van der Waals surface area contributed by atoms with E-state index >= 15 is 0 Å². The molecule has 1 unspecified atom stereocenters. The van der Waals surface area contributed by atoms with E-state index in [1.54, 1.807) is 4.90 Å². The van der Waals surface area contributed by atoms with E-state index in [0.717, 1.165) is 12.2 Å². The van der Waals surface area contributed by atoms with Gasteiger partial charge in [0.1, 0.15) is 5.75 Å². The van der Waals surface area contributed by atoms with E-state index in [2.05, 4.69) is 5.32 Å². The maximum atomic E-state index is 12.5. The Labute approximate surface area is 183 Å². The van der Waals surface area contributed by atoms with Gasteiger partial charge in [-0.05, 0) is 25.0 Å². The van der Waals surface area contributed by atoms with Crippen LogP contribution >= 0.6 is 0 Å². The summed E-state index contributed by atoms with van der Waals surface area (Å²) < 4.78 is 36.8. The fraction of sp³-hybridized carbons (Fsp3) is 0.619. The van der Waals surface area contributed by atoms with Crippen LogP contribution in [0.15, 0.2) is 30.3 Å². The van der Waals surface area contributed by atoms with Gasteiger partial charge >= 0.3 is 0 Å². The zero-order valence-corrected chi connectivity index (χ0v) is 18.5. The minimum atomic E-state index is -3.41. The van der Waals surface area contributed by atoms with Crippen LogP contribution in [-0.2, 0) is 24.3 Å². The molecule has 1 aromatic carbocycles. The van der Waals surface area contributed by atoms with Crippen molar-refractivity contribution < 1.29 is 27.5 Å². The second kappa shape index (κ2) is 11.4. The second-order valence-electron chi connectivity index (χ2n) is 7.71. The first-order valence-corrected chi connectivity index (χ1v) is 12.4. The van der Waals surface area contributed by atoms with Crippen LogP contribution in [0.4, 0.5) is 0 Å². The average molecular weight is 454 g/mol. The van der Waals surface area contributed by atoms with Gasteiger partial charge in [-0.25, -0.2) is 8.42 Å². The molecule has 31 heavy (non-hydrogen) atoms.